The largest absolute Gasteiger partial charge is 1.00 e. The molecule has 0 bridgehead atoms. The van der Waals surface area contributed by atoms with Crippen LogP contribution in [0.1, 0.15) is 7.85 Å². The Balaban J connectivity index is -0.000000845. The van der Waals surface area contributed by atoms with Crippen molar-refractivity contribution in [1.29, 1.82) is 0 Å². The van der Waals surface area contributed by atoms with Crippen molar-refractivity contribution in [3.05, 3.63) is 0 Å². The van der Waals surface area contributed by atoms with Gasteiger partial charge in [0.25, 0.3) is 10.1 Å². The standard InChI is InChI=1S/C6H10O7S.Na.H/c1-12-5(7)3-4(6(8)13-2)14(9,10)11;;/h4H,3H2,1-2H3,(H,9,10,11);;/q;+1;-1. The van der Waals surface area contributed by atoms with Gasteiger partial charge in [-0.05, 0) is 0 Å². The molecule has 0 aliphatic heterocycles. The zero-order valence-corrected chi connectivity index (χ0v) is 11.4. The fraction of sp³-hybridized carbons (Fsp3) is 0.667. The molecule has 7 nitrogen and oxygen atoms in total. The quantitative estimate of drug-likeness (QED) is 0.308. The second kappa shape index (κ2) is 7.18. The van der Waals surface area contributed by atoms with Gasteiger partial charge in [-0.25, -0.2) is 0 Å². The van der Waals surface area contributed by atoms with Crippen LogP contribution in [-0.2, 0) is 29.2 Å². The molecule has 0 radical (unpaired) electrons. The van der Waals surface area contributed by atoms with Gasteiger partial charge in [-0.15, -0.1) is 0 Å². The van der Waals surface area contributed by atoms with E-state index in [9.17, 15) is 18.0 Å². The van der Waals surface area contributed by atoms with Crippen molar-refractivity contribution < 1.29 is 63.0 Å². The first-order valence-electron chi connectivity index (χ1n) is 3.44. The molecule has 1 N–H and O–H groups in total. The zero-order valence-electron chi connectivity index (χ0n) is 9.59. The van der Waals surface area contributed by atoms with Gasteiger partial charge in [0.05, 0.1) is 20.6 Å². The Kier molecular flexibility index (Phi) is 8.25. The second-order valence-corrected chi connectivity index (χ2v) is 3.91. The van der Waals surface area contributed by atoms with Crippen molar-refractivity contribution in [3.63, 3.8) is 0 Å². The van der Waals surface area contributed by atoms with Crippen molar-refractivity contribution >= 4 is 22.1 Å². The maximum Gasteiger partial charge on any atom is 1.00 e. The number of carbonyl (C=O) groups excluding carboxylic acids is 2. The first kappa shape index (κ1) is 17.3. The third-order valence-corrected chi connectivity index (χ3v) is 2.48. The average Bonchev–Trinajstić information content (AvgIpc) is 2.10. The summed E-state index contributed by atoms with van der Waals surface area (Å²) in [6.07, 6.45) is -0.776. The predicted molar refractivity (Wildman–Crippen MR) is 45.1 cm³/mol. The predicted octanol–water partition coefficient (Wildman–Crippen LogP) is -3.90. The summed E-state index contributed by atoms with van der Waals surface area (Å²) < 4.78 is 38.1. The Morgan fingerprint density at radius 2 is 1.80 bits per heavy atom. The third-order valence-electron chi connectivity index (χ3n) is 1.40. The minimum absolute atomic E-state index is 0. The molecule has 0 aromatic heterocycles. The van der Waals surface area contributed by atoms with Crippen LogP contribution in [0.3, 0.4) is 0 Å². The summed E-state index contributed by atoms with van der Waals surface area (Å²) in [5.74, 6) is -2.14. The molecule has 1 unspecified atom stereocenters. The third kappa shape index (κ3) is 6.10. The molecule has 0 amide bonds. The van der Waals surface area contributed by atoms with Crippen LogP contribution in [0, 0.1) is 0 Å². The van der Waals surface area contributed by atoms with Gasteiger partial charge in [0.2, 0.25) is 0 Å². The Morgan fingerprint density at radius 1 is 1.33 bits per heavy atom. The number of hydrogen-bond acceptors (Lipinski definition) is 6. The van der Waals surface area contributed by atoms with E-state index >= 15 is 0 Å². The second-order valence-electron chi connectivity index (χ2n) is 2.31. The summed E-state index contributed by atoms with van der Waals surface area (Å²) >= 11 is 0. The number of ether oxygens (including phenoxy) is 2. The van der Waals surface area contributed by atoms with Crippen molar-refractivity contribution in [3.8, 4) is 0 Å². The molecule has 0 aliphatic carbocycles. The van der Waals surface area contributed by atoms with Crippen molar-refractivity contribution in [2.45, 2.75) is 11.7 Å². The first-order chi connectivity index (χ1) is 6.32. The van der Waals surface area contributed by atoms with Gasteiger partial charge in [-0.2, -0.15) is 8.42 Å². The maximum absolute atomic E-state index is 10.8. The number of methoxy groups -OCH3 is 2. The van der Waals surface area contributed by atoms with Crippen LogP contribution in [0.25, 0.3) is 0 Å². The Labute approximate surface area is 111 Å². The monoisotopic (exact) mass is 250 g/mol. The smallest absolute Gasteiger partial charge is 1.00 e. The Bertz CT molecular complexity index is 328. The molecule has 1 atom stereocenters. The molecule has 0 saturated heterocycles. The van der Waals surface area contributed by atoms with Crippen molar-refractivity contribution in [2.24, 2.45) is 0 Å². The van der Waals surface area contributed by atoms with E-state index in [1.54, 1.807) is 0 Å². The van der Waals surface area contributed by atoms with Gasteiger partial charge >= 0.3 is 41.5 Å². The summed E-state index contributed by atoms with van der Waals surface area (Å²) in [4.78, 5) is 21.5. The molecule has 0 aliphatic rings. The fourth-order valence-electron chi connectivity index (χ4n) is 0.676. The van der Waals surface area contributed by atoms with Gasteiger partial charge in [-0.3, -0.25) is 14.1 Å². The van der Waals surface area contributed by atoms with Crippen molar-refractivity contribution in [1.82, 2.24) is 0 Å². The molecule has 0 aromatic carbocycles. The molecule has 84 valence electrons. The molecule has 9 heteroatoms. The molecule has 0 spiro atoms. The Hall–Kier alpha value is -0.150. The fourth-order valence-corrected chi connectivity index (χ4v) is 1.36. The maximum atomic E-state index is 10.8. The molecule has 0 aromatic rings. The summed E-state index contributed by atoms with van der Waals surface area (Å²) in [6.45, 7) is 0. The van der Waals surface area contributed by atoms with Crippen LogP contribution in [0.4, 0.5) is 0 Å². The molecular weight excluding hydrogens is 239 g/mol. The topological polar surface area (TPSA) is 107 Å². The van der Waals surface area contributed by atoms with E-state index in [0.717, 1.165) is 14.2 Å². The van der Waals surface area contributed by atoms with Crippen LogP contribution >= 0.6 is 0 Å². The van der Waals surface area contributed by atoms with Crippen LogP contribution in [0.2, 0.25) is 0 Å². The van der Waals surface area contributed by atoms with Gasteiger partial charge in [-0.1, -0.05) is 0 Å². The van der Waals surface area contributed by atoms with Crippen LogP contribution in [0.15, 0.2) is 0 Å². The summed E-state index contributed by atoms with van der Waals surface area (Å²) in [7, 11) is -2.69. The number of esters is 2. The van der Waals surface area contributed by atoms with E-state index in [2.05, 4.69) is 9.47 Å². The van der Waals surface area contributed by atoms with Crippen molar-refractivity contribution in [2.75, 3.05) is 14.2 Å². The summed E-state index contributed by atoms with van der Waals surface area (Å²) in [6, 6.07) is 0. The van der Waals surface area contributed by atoms with Gasteiger partial charge < -0.3 is 10.9 Å². The van der Waals surface area contributed by atoms with Crippen LogP contribution in [0.5, 0.6) is 0 Å². The van der Waals surface area contributed by atoms with E-state index in [1.807, 2.05) is 0 Å². The van der Waals surface area contributed by atoms with E-state index < -0.39 is 33.7 Å². The average molecular weight is 250 g/mol. The summed E-state index contributed by atoms with van der Waals surface area (Å²) in [5.41, 5.74) is 0. The van der Waals surface area contributed by atoms with Gasteiger partial charge in [0.15, 0.2) is 5.25 Å². The number of hydrogen-bond donors (Lipinski definition) is 1. The molecule has 0 saturated carbocycles. The SMILES string of the molecule is COC(=O)CC(C(=O)OC)S(=O)(=O)O.[H-].[Na+]. The van der Waals surface area contributed by atoms with Crippen LogP contribution in [-0.4, -0.2) is 44.4 Å². The van der Waals surface area contributed by atoms with Gasteiger partial charge in [0, 0.05) is 0 Å². The Morgan fingerprint density at radius 3 is 2.07 bits per heavy atom. The molecule has 0 heterocycles. The zero-order chi connectivity index (χ0) is 11.4. The number of carbonyl (C=O) groups is 2. The van der Waals surface area contributed by atoms with E-state index in [1.165, 1.54) is 0 Å². The van der Waals surface area contributed by atoms with E-state index in [0.29, 0.717) is 0 Å². The van der Waals surface area contributed by atoms with Crippen LogP contribution < -0.4 is 29.6 Å². The molecular formula is C6H11NaO7S. The minimum Gasteiger partial charge on any atom is -1.00 e. The summed E-state index contributed by atoms with van der Waals surface area (Å²) in [5, 5.41) is -1.93. The first-order valence-corrected chi connectivity index (χ1v) is 4.94. The van der Waals surface area contributed by atoms with E-state index in [4.69, 9.17) is 4.55 Å². The molecule has 0 rings (SSSR count). The number of rotatable bonds is 4. The normalized spacial score (nSPS) is 12.2. The molecule has 0 fully saturated rings. The minimum atomic E-state index is -4.66. The van der Waals surface area contributed by atoms with Gasteiger partial charge in [0.1, 0.15) is 0 Å². The van der Waals surface area contributed by atoms with E-state index in [-0.39, 0.29) is 31.0 Å². The molecule has 15 heavy (non-hydrogen) atoms.